The number of nitrogens with zero attached hydrogens (tertiary/aromatic N) is 1. The zero-order valence-corrected chi connectivity index (χ0v) is 6.32. The van der Waals surface area contributed by atoms with Gasteiger partial charge in [0.2, 0.25) is 0 Å². The van der Waals surface area contributed by atoms with Gasteiger partial charge in [0.25, 0.3) is 0 Å². The van der Waals surface area contributed by atoms with Crippen LogP contribution in [0.5, 0.6) is 0 Å². The van der Waals surface area contributed by atoms with Crippen LogP contribution in [0.4, 0.5) is 0 Å². The summed E-state index contributed by atoms with van der Waals surface area (Å²) in [6, 6.07) is 4.96. The second kappa shape index (κ2) is 4.27. The molecular formula is C9H7NO2. The first-order valence-corrected chi connectivity index (χ1v) is 3.39. The van der Waals surface area contributed by atoms with Gasteiger partial charge in [0.15, 0.2) is 6.29 Å². The standard InChI is InChI=1S/C9H7NO2/c11-6-2-5-8-3-1-4-9(7-12)10-8/h1,3-4,7,11H,6H2. The molecule has 0 amide bonds. The van der Waals surface area contributed by atoms with Gasteiger partial charge >= 0.3 is 0 Å². The summed E-state index contributed by atoms with van der Waals surface area (Å²) in [4.78, 5) is 14.1. The number of aromatic nitrogens is 1. The van der Waals surface area contributed by atoms with Crippen LogP contribution < -0.4 is 0 Å². The molecule has 0 saturated carbocycles. The van der Waals surface area contributed by atoms with Crippen LogP contribution >= 0.6 is 0 Å². The van der Waals surface area contributed by atoms with Crippen molar-refractivity contribution < 1.29 is 9.90 Å². The summed E-state index contributed by atoms with van der Waals surface area (Å²) >= 11 is 0. The Hall–Kier alpha value is -1.66. The van der Waals surface area contributed by atoms with Crippen molar-refractivity contribution in [1.82, 2.24) is 4.98 Å². The van der Waals surface area contributed by atoms with Crippen LogP contribution in [0.25, 0.3) is 0 Å². The lowest BCUT2D eigenvalue weighted by Crippen LogP contribution is -1.89. The number of aldehydes is 1. The Morgan fingerprint density at radius 1 is 1.58 bits per heavy atom. The van der Waals surface area contributed by atoms with Crippen molar-refractivity contribution >= 4 is 6.29 Å². The van der Waals surface area contributed by atoms with E-state index in [2.05, 4.69) is 16.8 Å². The zero-order valence-electron chi connectivity index (χ0n) is 6.32. The second-order valence-electron chi connectivity index (χ2n) is 2.03. The van der Waals surface area contributed by atoms with Crippen LogP contribution in [0.3, 0.4) is 0 Å². The van der Waals surface area contributed by atoms with E-state index >= 15 is 0 Å². The maximum absolute atomic E-state index is 10.3. The van der Waals surface area contributed by atoms with Gasteiger partial charge < -0.3 is 5.11 Å². The van der Waals surface area contributed by atoms with E-state index < -0.39 is 0 Å². The van der Waals surface area contributed by atoms with Gasteiger partial charge in [-0.1, -0.05) is 12.0 Å². The van der Waals surface area contributed by atoms with Gasteiger partial charge in [-0.05, 0) is 18.1 Å². The van der Waals surface area contributed by atoms with Crippen molar-refractivity contribution in [3.8, 4) is 11.8 Å². The monoisotopic (exact) mass is 161 g/mol. The maximum Gasteiger partial charge on any atom is 0.168 e. The minimum atomic E-state index is -0.201. The summed E-state index contributed by atoms with van der Waals surface area (Å²) in [5.74, 6) is 5.04. The van der Waals surface area contributed by atoms with Crippen LogP contribution in [0.2, 0.25) is 0 Å². The Labute approximate surface area is 70.1 Å². The van der Waals surface area contributed by atoms with Crippen LogP contribution in [-0.4, -0.2) is 23.0 Å². The lowest BCUT2D eigenvalue weighted by Gasteiger charge is -1.89. The van der Waals surface area contributed by atoms with E-state index in [4.69, 9.17) is 5.11 Å². The molecule has 12 heavy (non-hydrogen) atoms. The van der Waals surface area contributed by atoms with Crippen LogP contribution in [-0.2, 0) is 0 Å². The first-order valence-electron chi connectivity index (χ1n) is 3.39. The molecule has 1 N–H and O–H groups in total. The lowest BCUT2D eigenvalue weighted by atomic mass is 10.3. The van der Waals surface area contributed by atoms with Crippen LogP contribution in [0.1, 0.15) is 16.2 Å². The van der Waals surface area contributed by atoms with E-state index in [1.54, 1.807) is 18.2 Å². The molecular weight excluding hydrogens is 154 g/mol. The van der Waals surface area contributed by atoms with Crippen molar-refractivity contribution in [1.29, 1.82) is 0 Å². The molecule has 0 atom stereocenters. The minimum absolute atomic E-state index is 0.201. The number of carbonyl (C=O) groups is 1. The third-order valence-corrected chi connectivity index (χ3v) is 1.19. The Morgan fingerprint density at radius 2 is 2.42 bits per heavy atom. The second-order valence-corrected chi connectivity index (χ2v) is 2.03. The van der Waals surface area contributed by atoms with Crippen molar-refractivity contribution in [2.24, 2.45) is 0 Å². The third-order valence-electron chi connectivity index (χ3n) is 1.19. The highest BCUT2D eigenvalue weighted by molar-refractivity contribution is 5.71. The maximum atomic E-state index is 10.3. The summed E-state index contributed by atoms with van der Waals surface area (Å²) in [5.41, 5.74) is 0.841. The molecule has 1 heterocycles. The number of rotatable bonds is 1. The van der Waals surface area contributed by atoms with E-state index in [9.17, 15) is 4.79 Å². The van der Waals surface area contributed by atoms with Gasteiger partial charge in [0.1, 0.15) is 18.0 Å². The SMILES string of the molecule is O=Cc1cccc(C#CCO)n1. The predicted molar refractivity (Wildman–Crippen MR) is 43.6 cm³/mol. The largest absolute Gasteiger partial charge is 0.384 e. The zero-order chi connectivity index (χ0) is 8.81. The molecule has 1 aromatic heterocycles. The van der Waals surface area contributed by atoms with Gasteiger partial charge in [-0.25, -0.2) is 4.98 Å². The Kier molecular flexibility index (Phi) is 3.00. The summed E-state index contributed by atoms with van der Waals surface area (Å²) in [6.07, 6.45) is 0.657. The molecule has 0 fully saturated rings. The van der Waals surface area contributed by atoms with E-state index in [1.807, 2.05) is 0 Å². The van der Waals surface area contributed by atoms with Crippen molar-refractivity contribution in [2.45, 2.75) is 0 Å². The number of pyridine rings is 1. The van der Waals surface area contributed by atoms with Crippen LogP contribution in [0.15, 0.2) is 18.2 Å². The fourth-order valence-electron chi connectivity index (χ4n) is 0.717. The molecule has 1 aromatic rings. The molecule has 60 valence electrons. The molecule has 0 aromatic carbocycles. The number of aliphatic hydroxyl groups excluding tert-OH is 1. The van der Waals surface area contributed by atoms with E-state index in [-0.39, 0.29) is 6.61 Å². The van der Waals surface area contributed by atoms with E-state index in [0.717, 1.165) is 0 Å². The third kappa shape index (κ3) is 2.19. The minimum Gasteiger partial charge on any atom is -0.384 e. The van der Waals surface area contributed by atoms with E-state index in [0.29, 0.717) is 17.7 Å². The highest BCUT2D eigenvalue weighted by Gasteiger charge is 1.91. The lowest BCUT2D eigenvalue weighted by molar-refractivity contribution is 0.111. The summed E-state index contributed by atoms with van der Waals surface area (Å²) in [5, 5.41) is 8.38. The quantitative estimate of drug-likeness (QED) is 0.474. The molecule has 0 radical (unpaired) electrons. The number of hydrogen-bond acceptors (Lipinski definition) is 3. The fourth-order valence-corrected chi connectivity index (χ4v) is 0.717. The first kappa shape index (κ1) is 8.44. The van der Waals surface area contributed by atoms with Crippen LogP contribution in [0, 0.1) is 11.8 Å². The molecule has 0 aliphatic carbocycles. The molecule has 1 rings (SSSR count). The number of hydrogen-bond donors (Lipinski definition) is 1. The molecule has 0 aliphatic heterocycles. The van der Waals surface area contributed by atoms with Crippen molar-refractivity contribution in [3.63, 3.8) is 0 Å². The van der Waals surface area contributed by atoms with Gasteiger partial charge in [0, 0.05) is 0 Å². The summed E-state index contributed by atoms with van der Waals surface area (Å²) < 4.78 is 0. The summed E-state index contributed by atoms with van der Waals surface area (Å²) in [6.45, 7) is -0.201. The summed E-state index contributed by atoms with van der Waals surface area (Å²) in [7, 11) is 0. The molecule has 0 aliphatic rings. The Bertz CT molecular complexity index is 336. The Morgan fingerprint density at radius 3 is 3.08 bits per heavy atom. The Balaban J connectivity index is 2.93. The smallest absolute Gasteiger partial charge is 0.168 e. The molecule has 0 spiro atoms. The number of carbonyl (C=O) groups excluding carboxylic acids is 1. The first-order chi connectivity index (χ1) is 5.86. The average molecular weight is 161 g/mol. The number of aliphatic hydroxyl groups is 1. The molecule has 3 heteroatoms. The predicted octanol–water partition coefficient (Wildman–Crippen LogP) is 0.238. The fraction of sp³-hybridized carbons (Fsp3) is 0.111. The highest BCUT2D eigenvalue weighted by Crippen LogP contribution is 1.94. The van der Waals surface area contributed by atoms with Gasteiger partial charge in [-0.2, -0.15) is 0 Å². The van der Waals surface area contributed by atoms with Gasteiger partial charge in [0.05, 0.1) is 0 Å². The highest BCUT2D eigenvalue weighted by atomic mass is 16.2. The molecule has 0 saturated heterocycles. The van der Waals surface area contributed by atoms with Gasteiger partial charge in [-0.3, -0.25) is 4.79 Å². The molecule has 0 unspecified atom stereocenters. The topological polar surface area (TPSA) is 50.2 Å². The molecule has 3 nitrogen and oxygen atoms in total. The normalized spacial score (nSPS) is 8.42. The van der Waals surface area contributed by atoms with Crippen molar-refractivity contribution in [2.75, 3.05) is 6.61 Å². The van der Waals surface area contributed by atoms with E-state index in [1.165, 1.54) is 0 Å². The van der Waals surface area contributed by atoms with Crippen molar-refractivity contribution in [3.05, 3.63) is 29.6 Å². The van der Waals surface area contributed by atoms with Gasteiger partial charge in [-0.15, -0.1) is 0 Å². The average Bonchev–Trinajstić information content (AvgIpc) is 2.15. The molecule has 0 bridgehead atoms.